The van der Waals surface area contributed by atoms with E-state index in [0.717, 1.165) is 30.6 Å². The van der Waals surface area contributed by atoms with Crippen LogP contribution < -0.4 is 4.74 Å². The number of para-hydroxylation sites is 1. The first kappa shape index (κ1) is 11.1. The molecule has 0 amide bonds. The monoisotopic (exact) mass is 232 g/mol. The van der Waals surface area contributed by atoms with E-state index in [1.807, 2.05) is 24.3 Å². The van der Waals surface area contributed by atoms with Gasteiger partial charge in [0.2, 0.25) is 0 Å². The number of aliphatic hydroxyl groups is 1. The van der Waals surface area contributed by atoms with Crippen LogP contribution in [0, 0.1) is 5.92 Å². The molecule has 1 aliphatic carbocycles. The first-order valence-electron chi connectivity index (χ1n) is 6.65. The van der Waals surface area contributed by atoms with Crippen LogP contribution in [0.4, 0.5) is 0 Å². The fourth-order valence-electron chi connectivity index (χ4n) is 3.48. The molecule has 92 valence electrons. The fourth-order valence-corrected chi connectivity index (χ4v) is 3.48. The quantitative estimate of drug-likeness (QED) is 0.742. The largest absolute Gasteiger partial charge is 0.487 e. The lowest BCUT2D eigenvalue weighted by Gasteiger charge is -2.45. The van der Waals surface area contributed by atoms with Gasteiger partial charge in [0.05, 0.1) is 6.10 Å². The Morgan fingerprint density at radius 1 is 1.29 bits per heavy atom. The molecule has 1 heterocycles. The molecule has 0 saturated heterocycles. The molecule has 1 aliphatic heterocycles. The van der Waals surface area contributed by atoms with E-state index in [4.69, 9.17) is 4.74 Å². The lowest BCUT2D eigenvalue weighted by molar-refractivity contribution is -0.0495. The Labute approximate surface area is 103 Å². The van der Waals surface area contributed by atoms with E-state index in [0.29, 0.717) is 5.92 Å². The lowest BCUT2D eigenvalue weighted by atomic mass is 9.74. The smallest absolute Gasteiger partial charge is 0.125 e. The zero-order chi connectivity index (χ0) is 11.9. The Kier molecular flexibility index (Phi) is 2.62. The van der Waals surface area contributed by atoms with Crippen LogP contribution in [0.3, 0.4) is 0 Å². The van der Waals surface area contributed by atoms with Crippen LogP contribution in [0.15, 0.2) is 24.3 Å². The van der Waals surface area contributed by atoms with E-state index in [2.05, 4.69) is 6.92 Å². The number of hydrogen-bond acceptors (Lipinski definition) is 2. The maximum Gasteiger partial charge on any atom is 0.125 e. The van der Waals surface area contributed by atoms with Gasteiger partial charge in [0.25, 0.3) is 0 Å². The molecule has 1 aromatic rings. The Morgan fingerprint density at radius 3 is 2.94 bits per heavy atom. The first-order valence-corrected chi connectivity index (χ1v) is 6.65. The van der Waals surface area contributed by atoms with Crippen molar-refractivity contribution in [3.8, 4) is 5.75 Å². The van der Waals surface area contributed by atoms with Gasteiger partial charge in [0, 0.05) is 12.0 Å². The van der Waals surface area contributed by atoms with E-state index >= 15 is 0 Å². The number of aliphatic hydroxyl groups excluding tert-OH is 1. The molecular weight excluding hydrogens is 212 g/mol. The topological polar surface area (TPSA) is 29.5 Å². The third-order valence-electron chi connectivity index (χ3n) is 4.22. The highest BCUT2D eigenvalue weighted by Gasteiger charge is 2.42. The predicted octanol–water partition coefficient (Wildman–Crippen LogP) is 3.45. The average Bonchev–Trinajstić information content (AvgIpc) is 2.28. The minimum absolute atomic E-state index is 0.106. The van der Waals surface area contributed by atoms with E-state index in [1.54, 1.807) is 0 Å². The standard InChI is InChI=1S/C15H20O2/c1-11-5-4-8-15(9-11)10-13(16)12-6-2-3-7-14(12)17-15/h2-3,6-7,11,13,16H,4-5,8-10H2,1H3. The number of ether oxygens (including phenoxy) is 1. The third kappa shape index (κ3) is 1.95. The summed E-state index contributed by atoms with van der Waals surface area (Å²) in [5.41, 5.74) is 0.849. The van der Waals surface area contributed by atoms with Crippen molar-refractivity contribution in [2.75, 3.05) is 0 Å². The second-order valence-electron chi connectivity index (χ2n) is 5.74. The van der Waals surface area contributed by atoms with Crippen LogP contribution in [0.5, 0.6) is 5.75 Å². The molecule has 0 bridgehead atoms. The highest BCUT2D eigenvalue weighted by Crippen LogP contribution is 2.47. The molecule has 3 atom stereocenters. The zero-order valence-electron chi connectivity index (χ0n) is 10.4. The summed E-state index contributed by atoms with van der Waals surface area (Å²) in [5.74, 6) is 1.60. The average molecular weight is 232 g/mol. The zero-order valence-corrected chi connectivity index (χ0v) is 10.4. The number of fused-ring (bicyclic) bond motifs is 1. The van der Waals surface area contributed by atoms with Crippen molar-refractivity contribution in [2.45, 2.75) is 50.7 Å². The van der Waals surface area contributed by atoms with Crippen molar-refractivity contribution >= 4 is 0 Å². The van der Waals surface area contributed by atoms with Crippen LogP contribution in [0.25, 0.3) is 0 Å². The third-order valence-corrected chi connectivity index (χ3v) is 4.22. The van der Waals surface area contributed by atoms with Crippen LogP contribution in [-0.2, 0) is 0 Å². The summed E-state index contributed by atoms with van der Waals surface area (Å²) in [7, 11) is 0. The molecule has 1 aromatic carbocycles. The predicted molar refractivity (Wildman–Crippen MR) is 67.0 cm³/mol. The number of rotatable bonds is 0. The van der Waals surface area contributed by atoms with Gasteiger partial charge in [-0.1, -0.05) is 31.5 Å². The van der Waals surface area contributed by atoms with Crippen molar-refractivity contribution in [1.29, 1.82) is 0 Å². The molecule has 2 heteroatoms. The second kappa shape index (κ2) is 4.02. The van der Waals surface area contributed by atoms with Gasteiger partial charge in [0.1, 0.15) is 11.4 Å². The molecular formula is C15H20O2. The van der Waals surface area contributed by atoms with Crippen LogP contribution in [0.1, 0.15) is 50.7 Å². The summed E-state index contributed by atoms with van der Waals surface area (Å²) in [6.07, 6.45) is 5.08. The SMILES string of the molecule is CC1CCCC2(C1)CC(O)c1ccccc1O2. The maximum atomic E-state index is 10.3. The van der Waals surface area contributed by atoms with Crippen LogP contribution in [0.2, 0.25) is 0 Å². The van der Waals surface area contributed by atoms with Crippen molar-refractivity contribution in [2.24, 2.45) is 5.92 Å². The first-order chi connectivity index (χ1) is 8.19. The van der Waals surface area contributed by atoms with E-state index in [-0.39, 0.29) is 11.7 Å². The van der Waals surface area contributed by atoms with Gasteiger partial charge in [0.15, 0.2) is 0 Å². The molecule has 1 fully saturated rings. The molecule has 3 unspecified atom stereocenters. The molecule has 1 spiro atoms. The lowest BCUT2D eigenvalue weighted by Crippen LogP contribution is -2.44. The second-order valence-corrected chi connectivity index (χ2v) is 5.74. The Morgan fingerprint density at radius 2 is 2.12 bits per heavy atom. The minimum atomic E-state index is -0.356. The summed E-state index contributed by atoms with van der Waals surface area (Å²) in [6.45, 7) is 2.29. The van der Waals surface area contributed by atoms with Gasteiger partial charge in [-0.3, -0.25) is 0 Å². The number of hydrogen-bond donors (Lipinski definition) is 1. The highest BCUT2D eigenvalue weighted by molar-refractivity contribution is 5.38. The molecule has 3 rings (SSSR count). The van der Waals surface area contributed by atoms with Crippen molar-refractivity contribution in [3.05, 3.63) is 29.8 Å². The minimum Gasteiger partial charge on any atom is -0.487 e. The van der Waals surface area contributed by atoms with Crippen LogP contribution >= 0.6 is 0 Å². The van der Waals surface area contributed by atoms with Gasteiger partial charge in [-0.25, -0.2) is 0 Å². The molecule has 2 nitrogen and oxygen atoms in total. The van der Waals surface area contributed by atoms with E-state index in [1.165, 1.54) is 12.8 Å². The molecule has 17 heavy (non-hydrogen) atoms. The van der Waals surface area contributed by atoms with E-state index < -0.39 is 0 Å². The molecule has 2 aliphatic rings. The van der Waals surface area contributed by atoms with Crippen molar-refractivity contribution in [1.82, 2.24) is 0 Å². The van der Waals surface area contributed by atoms with Crippen molar-refractivity contribution < 1.29 is 9.84 Å². The highest BCUT2D eigenvalue weighted by atomic mass is 16.5. The summed E-state index contributed by atoms with van der Waals surface area (Å²) >= 11 is 0. The molecule has 0 radical (unpaired) electrons. The summed E-state index contributed by atoms with van der Waals surface area (Å²) in [6, 6.07) is 7.90. The summed E-state index contributed by atoms with van der Waals surface area (Å²) in [4.78, 5) is 0. The Bertz CT molecular complexity index is 415. The molecule has 1 saturated carbocycles. The van der Waals surface area contributed by atoms with Gasteiger partial charge in [-0.2, -0.15) is 0 Å². The van der Waals surface area contributed by atoms with Gasteiger partial charge in [-0.15, -0.1) is 0 Å². The molecule has 0 aromatic heterocycles. The van der Waals surface area contributed by atoms with Gasteiger partial charge in [-0.05, 0) is 31.2 Å². The summed E-state index contributed by atoms with van der Waals surface area (Å²) < 4.78 is 6.24. The van der Waals surface area contributed by atoms with Gasteiger partial charge < -0.3 is 9.84 Å². The fraction of sp³-hybridized carbons (Fsp3) is 0.600. The normalized spacial score (nSPS) is 36.4. The number of benzene rings is 1. The van der Waals surface area contributed by atoms with Crippen molar-refractivity contribution in [3.63, 3.8) is 0 Å². The van der Waals surface area contributed by atoms with E-state index in [9.17, 15) is 5.11 Å². The summed E-state index contributed by atoms with van der Waals surface area (Å²) in [5, 5.41) is 10.3. The maximum absolute atomic E-state index is 10.3. The van der Waals surface area contributed by atoms with Gasteiger partial charge >= 0.3 is 0 Å². The Hall–Kier alpha value is -1.02. The van der Waals surface area contributed by atoms with Crippen LogP contribution in [-0.4, -0.2) is 10.7 Å². The molecule has 1 N–H and O–H groups in total. The Balaban J connectivity index is 1.92.